The van der Waals surface area contributed by atoms with Gasteiger partial charge in [0.15, 0.2) is 0 Å². The Morgan fingerprint density at radius 1 is 1.10 bits per heavy atom. The average molecular weight is 313 g/mol. The summed E-state index contributed by atoms with van der Waals surface area (Å²) >= 11 is 5.77. The molecule has 0 spiro atoms. The summed E-state index contributed by atoms with van der Waals surface area (Å²) in [5, 5.41) is 0.606. The molecule has 0 unspecified atom stereocenters. The van der Waals surface area contributed by atoms with Gasteiger partial charge in [0.25, 0.3) is 0 Å². The van der Waals surface area contributed by atoms with E-state index in [1.165, 1.54) is 18.2 Å². The van der Waals surface area contributed by atoms with E-state index < -0.39 is 6.61 Å². The fraction of sp³-hybridized carbons (Fsp3) is 0.133. The van der Waals surface area contributed by atoms with Crippen LogP contribution in [-0.2, 0) is 6.61 Å². The second-order valence-corrected chi connectivity index (χ2v) is 4.59. The van der Waals surface area contributed by atoms with Crippen LogP contribution in [0.2, 0.25) is 5.02 Å². The SMILES string of the molecule is O=Cc1cc(OCc2ccc(Cl)cc2)cc(OC(F)F)c1. The summed E-state index contributed by atoms with van der Waals surface area (Å²) in [6.07, 6.45) is 0.535. The van der Waals surface area contributed by atoms with E-state index in [0.29, 0.717) is 11.3 Å². The van der Waals surface area contributed by atoms with Gasteiger partial charge in [0.1, 0.15) is 24.4 Å². The molecule has 2 aromatic rings. The van der Waals surface area contributed by atoms with E-state index in [1.807, 2.05) is 0 Å². The second-order valence-electron chi connectivity index (χ2n) is 4.15. The molecule has 0 aliphatic heterocycles. The molecule has 21 heavy (non-hydrogen) atoms. The first-order chi connectivity index (χ1) is 10.1. The zero-order valence-corrected chi connectivity index (χ0v) is 11.5. The zero-order valence-electron chi connectivity index (χ0n) is 10.8. The van der Waals surface area contributed by atoms with Crippen molar-refractivity contribution in [1.82, 2.24) is 0 Å². The second kappa shape index (κ2) is 7.04. The van der Waals surface area contributed by atoms with Gasteiger partial charge in [-0.2, -0.15) is 8.78 Å². The van der Waals surface area contributed by atoms with Gasteiger partial charge in [0.2, 0.25) is 0 Å². The molecule has 0 heterocycles. The fourth-order valence-corrected chi connectivity index (χ4v) is 1.79. The Morgan fingerprint density at radius 3 is 2.38 bits per heavy atom. The summed E-state index contributed by atoms with van der Waals surface area (Å²) < 4.78 is 34.2. The fourth-order valence-electron chi connectivity index (χ4n) is 1.66. The third-order valence-electron chi connectivity index (χ3n) is 2.58. The molecule has 0 aromatic heterocycles. The van der Waals surface area contributed by atoms with E-state index in [2.05, 4.69) is 4.74 Å². The molecule has 0 amide bonds. The van der Waals surface area contributed by atoms with E-state index in [4.69, 9.17) is 16.3 Å². The van der Waals surface area contributed by atoms with E-state index in [9.17, 15) is 13.6 Å². The highest BCUT2D eigenvalue weighted by Gasteiger charge is 2.08. The number of rotatable bonds is 6. The quantitative estimate of drug-likeness (QED) is 0.745. The highest BCUT2D eigenvalue weighted by atomic mass is 35.5. The number of carbonyl (C=O) groups is 1. The van der Waals surface area contributed by atoms with Crippen molar-refractivity contribution in [3.63, 3.8) is 0 Å². The minimum atomic E-state index is -2.96. The minimum Gasteiger partial charge on any atom is -0.489 e. The summed E-state index contributed by atoms with van der Waals surface area (Å²) in [4.78, 5) is 10.8. The van der Waals surface area contributed by atoms with Crippen LogP contribution in [0.4, 0.5) is 8.78 Å². The molecule has 0 saturated heterocycles. The van der Waals surface area contributed by atoms with Crippen molar-refractivity contribution in [1.29, 1.82) is 0 Å². The van der Waals surface area contributed by atoms with Crippen molar-refractivity contribution < 1.29 is 23.0 Å². The number of alkyl halides is 2. The summed E-state index contributed by atoms with van der Waals surface area (Å²) in [7, 11) is 0. The molecular weight excluding hydrogens is 302 g/mol. The maximum Gasteiger partial charge on any atom is 0.387 e. The number of aldehydes is 1. The van der Waals surface area contributed by atoms with Crippen molar-refractivity contribution >= 4 is 17.9 Å². The van der Waals surface area contributed by atoms with Crippen LogP contribution >= 0.6 is 11.6 Å². The smallest absolute Gasteiger partial charge is 0.387 e. The molecule has 0 fully saturated rings. The number of ether oxygens (including phenoxy) is 2. The van der Waals surface area contributed by atoms with E-state index in [-0.39, 0.29) is 23.7 Å². The lowest BCUT2D eigenvalue weighted by molar-refractivity contribution is -0.0499. The van der Waals surface area contributed by atoms with Gasteiger partial charge in [-0.3, -0.25) is 4.79 Å². The van der Waals surface area contributed by atoms with Crippen molar-refractivity contribution in [2.75, 3.05) is 0 Å². The van der Waals surface area contributed by atoms with E-state index >= 15 is 0 Å². The molecule has 0 N–H and O–H groups in total. The van der Waals surface area contributed by atoms with Crippen LogP contribution in [0.3, 0.4) is 0 Å². The molecule has 0 saturated carbocycles. The first kappa shape index (κ1) is 15.3. The average Bonchev–Trinajstić information content (AvgIpc) is 2.45. The van der Waals surface area contributed by atoms with Gasteiger partial charge in [-0.25, -0.2) is 0 Å². The highest BCUT2D eigenvalue weighted by molar-refractivity contribution is 6.30. The monoisotopic (exact) mass is 312 g/mol. The van der Waals surface area contributed by atoms with Gasteiger partial charge in [-0.05, 0) is 29.8 Å². The van der Waals surface area contributed by atoms with Crippen LogP contribution in [-0.4, -0.2) is 12.9 Å². The standard InChI is InChI=1S/C15H11ClF2O3/c16-12-3-1-10(2-4-12)9-20-13-5-11(8-19)6-14(7-13)21-15(17)18/h1-8,15H,9H2. The van der Waals surface area contributed by atoms with Gasteiger partial charge in [0, 0.05) is 16.7 Å². The summed E-state index contributed by atoms with van der Waals surface area (Å²) in [6.45, 7) is -2.75. The van der Waals surface area contributed by atoms with Gasteiger partial charge >= 0.3 is 6.61 Å². The summed E-state index contributed by atoms with van der Waals surface area (Å²) in [5.74, 6) is 0.144. The Bertz CT molecular complexity index is 615. The molecule has 2 rings (SSSR count). The van der Waals surface area contributed by atoms with Crippen molar-refractivity contribution in [2.45, 2.75) is 13.2 Å². The minimum absolute atomic E-state index is 0.124. The zero-order chi connectivity index (χ0) is 15.2. The molecule has 3 nitrogen and oxygen atoms in total. The molecule has 6 heteroatoms. The topological polar surface area (TPSA) is 35.5 Å². The maximum absolute atomic E-state index is 12.2. The number of carbonyl (C=O) groups excluding carboxylic acids is 1. The number of hydrogen-bond donors (Lipinski definition) is 0. The third kappa shape index (κ3) is 4.72. The van der Waals surface area contributed by atoms with Crippen molar-refractivity contribution in [3.05, 3.63) is 58.6 Å². The number of halogens is 3. The lowest BCUT2D eigenvalue weighted by Crippen LogP contribution is -2.03. The summed E-state index contributed by atoms with van der Waals surface area (Å²) in [6, 6.07) is 11.0. The van der Waals surface area contributed by atoms with Crippen molar-refractivity contribution in [2.24, 2.45) is 0 Å². The Labute approximate surface area is 125 Å². The predicted molar refractivity (Wildman–Crippen MR) is 74.2 cm³/mol. The Hall–Kier alpha value is -2.14. The molecule has 0 atom stereocenters. The third-order valence-corrected chi connectivity index (χ3v) is 2.83. The largest absolute Gasteiger partial charge is 0.489 e. The van der Waals surface area contributed by atoms with E-state index in [0.717, 1.165) is 5.56 Å². The van der Waals surface area contributed by atoms with Crippen LogP contribution in [0.5, 0.6) is 11.5 Å². The van der Waals surface area contributed by atoms with E-state index in [1.54, 1.807) is 24.3 Å². The molecule has 110 valence electrons. The Balaban J connectivity index is 2.11. The molecule has 0 bridgehead atoms. The highest BCUT2D eigenvalue weighted by Crippen LogP contribution is 2.24. The lowest BCUT2D eigenvalue weighted by Gasteiger charge is -2.10. The summed E-state index contributed by atoms with van der Waals surface area (Å²) in [5.41, 5.74) is 1.05. The van der Waals surface area contributed by atoms with Crippen molar-refractivity contribution in [3.8, 4) is 11.5 Å². The molecule has 0 radical (unpaired) electrons. The van der Waals surface area contributed by atoms with Gasteiger partial charge < -0.3 is 9.47 Å². The molecule has 0 aliphatic carbocycles. The van der Waals surface area contributed by atoms with Crippen LogP contribution in [0.25, 0.3) is 0 Å². The number of benzene rings is 2. The van der Waals surface area contributed by atoms with Gasteiger partial charge in [0.05, 0.1) is 0 Å². The maximum atomic E-state index is 12.2. The number of hydrogen-bond acceptors (Lipinski definition) is 3. The first-order valence-corrected chi connectivity index (χ1v) is 6.37. The van der Waals surface area contributed by atoms with Crippen LogP contribution in [0.1, 0.15) is 15.9 Å². The normalized spacial score (nSPS) is 10.5. The van der Waals surface area contributed by atoms with Crippen LogP contribution in [0, 0.1) is 0 Å². The Morgan fingerprint density at radius 2 is 1.76 bits per heavy atom. The molecular formula is C15H11ClF2O3. The Kier molecular flexibility index (Phi) is 5.11. The van der Waals surface area contributed by atoms with Gasteiger partial charge in [-0.1, -0.05) is 23.7 Å². The first-order valence-electron chi connectivity index (χ1n) is 5.99. The van der Waals surface area contributed by atoms with Gasteiger partial charge in [-0.15, -0.1) is 0 Å². The van der Waals surface area contributed by atoms with Crippen LogP contribution in [0.15, 0.2) is 42.5 Å². The molecule has 2 aromatic carbocycles. The van der Waals surface area contributed by atoms with Crippen LogP contribution < -0.4 is 9.47 Å². The molecule has 0 aliphatic rings. The predicted octanol–water partition coefficient (Wildman–Crippen LogP) is 4.33. The lowest BCUT2D eigenvalue weighted by atomic mass is 10.2.